The van der Waals surface area contributed by atoms with Gasteiger partial charge in [0.1, 0.15) is 12.2 Å². The molecule has 2 aliphatic heterocycles. The number of Topliss-reactive ketones (excluding diaryl/α,β-unsaturated/α-hetero) is 2. The molecule has 6 rings (SSSR count). The van der Waals surface area contributed by atoms with E-state index in [1.165, 1.54) is 11.1 Å². The first kappa shape index (κ1) is 25.8. The van der Waals surface area contributed by atoms with Gasteiger partial charge in [0.05, 0.1) is 0 Å². The molecule has 2 fully saturated rings. The fourth-order valence-electron chi connectivity index (χ4n) is 4.41. The first-order valence-corrected chi connectivity index (χ1v) is 13.0. The monoisotopic (exact) mass is 504 g/mol. The first-order valence-electron chi connectivity index (χ1n) is 13.0. The van der Waals surface area contributed by atoms with Crippen molar-refractivity contribution in [3.05, 3.63) is 142 Å². The quantitative estimate of drug-likeness (QED) is 0.205. The standard InChI is InChI=1S/2C17H16O2/c2*1-11-3-7-13(8-4-11)15(18)17-16(19-17)14-9-5-12(2)6-10-14/h2*3-10,16-17H,1-2H3. The average Bonchev–Trinajstić information content (AvgIpc) is 3.85. The largest absolute Gasteiger partial charge is 0.356 e. The molecule has 4 nitrogen and oxygen atoms in total. The minimum Gasteiger partial charge on any atom is -0.356 e. The molecule has 4 unspecified atom stereocenters. The van der Waals surface area contributed by atoms with Gasteiger partial charge in [0, 0.05) is 11.1 Å². The fourth-order valence-corrected chi connectivity index (χ4v) is 4.41. The van der Waals surface area contributed by atoms with Gasteiger partial charge >= 0.3 is 0 Å². The summed E-state index contributed by atoms with van der Waals surface area (Å²) in [6.07, 6.45) is -0.778. The number of epoxide rings is 2. The van der Waals surface area contributed by atoms with Crippen LogP contribution in [0.4, 0.5) is 0 Å². The second kappa shape index (κ2) is 10.9. The molecule has 4 aromatic carbocycles. The topological polar surface area (TPSA) is 59.2 Å². The van der Waals surface area contributed by atoms with Crippen molar-refractivity contribution in [2.75, 3.05) is 0 Å². The highest BCUT2D eigenvalue weighted by molar-refractivity contribution is 6.02. The number of ether oxygens (including phenoxy) is 2. The molecule has 0 saturated carbocycles. The van der Waals surface area contributed by atoms with Crippen molar-refractivity contribution in [1.82, 2.24) is 0 Å². The Morgan fingerprint density at radius 3 is 1.00 bits per heavy atom. The summed E-state index contributed by atoms with van der Waals surface area (Å²) in [5.74, 6) is 0.149. The smallest absolute Gasteiger partial charge is 0.194 e. The Labute approximate surface area is 224 Å². The molecule has 2 heterocycles. The maximum atomic E-state index is 12.2. The molecule has 0 spiro atoms. The summed E-state index contributed by atoms with van der Waals surface area (Å²) in [5.41, 5.74) is 8.35. The number of hydrogen-bond acceptors (Lipinski definition) is 4. The molecular weight excluding hydrogens is 472 g/mol. The minimum atomic E-state index is -0.314. The molecule has 0 bridgehead atoms. The van der Waals surface area contributed by atoms with Gasteiger partial charge in [-0.05, 0) is 38.8 Å². The lowest BCUT2D eigenvalue weighted by Gasteiger charge is -1.99. The molecule has 0 aromatic heterocycles. The van der Waals surface area contributed by atoms with E-state index in [0.29, 0.717) is 0 Å². The maximum Gasteiger partial charge on any atom is 0.194 e. The van der Waals surface area contributed by atoms with Crippen LogP contribution in [0.25, 0.3) is 0 Å². The second-order valence-electron chi connectivity index (χ2n) is 10.2. The second-order valence-corrected chi connectivity index (χ2v) is 10.2. The molecule has 0 radical (unpaired) electrons. The Kier molecular flexibility index (Phi) is 7.37. The van der Waals surface area contributed by atoms with Crippen LogP contribution in [0.2, 0.25) is 0 Å². The minimum absolute atomic E-state index is 0.0746. The summed E-state index contributed by atoms with van der Waals surface area (Å²) in [4.78, 5) is 24.5. The summed E-state index contributed by atoms with van der Waals surface area (Å²) in [6, 6.07) is 31.6. The van der Waals surface area contributed by atoms with Crippen LogP contribution < -0.4 is 0 Å². The molecule has 0 N–H and O–H groups in total. The highest BCUT2D eigenvalue weighted by Crippen LogP contribution is 2.41. The predicted molar refractivity (Wildman–Crippen MR) is 149 cm³/mol. The van der Waals surface area contributed by atoms with Crippen LogP contribution in [0.3, 0.4) is 0 Å². The van der Waals surface area contributed by atoms with Crippen molar-refractivity contribution in [2.45, 2.75) is 52.1 Å². The number of carbonyl (C=O) groups is 2. The van der Waals surface area contributed by atoms with Crippen molar-refractivity contribution in [1.29, 1.82) is 0 Å². The van der Waals surface area contributed by atoms with Gasteiger partial charge in [-0.25, -0.2) is 0 Å². The summed E-state index contributed by atoms with van der Waals surface area (Å²) in [5, 5.41) is 0. The van der Waals surface area contributed by atoms with Crippen LogP contribution in [0.1, 0.15) is 66.3 Å². The van der Waals surface area contributed by atoms with E-state index in [1.807, 2.05) is 125 Å². The Hall–Kier alpha value is -3.86. The van der Waals surface area contributed by atoms with E-state index < -0.39 is 0 Å². The van der Waals surface area contributed by atoms with E-state index in [4.69, 9.17) is 9.47 Å². The highest BCUT2D eigenvalue weighted by Gasteiger charge is 2.46. The van der Waals surface area contributed by atoms with Gasteiger partial charge in [0.25, 0.3) is 0 Å². The van der Waals surface area contributed by atoms with E-state index in [-0.39, 0.29) is 36.0 Å². The fraction of sp³-hybridized carbons (Fsp3) is 0.235. The van der Waals surface area contributed by atoms with Crippen LogP contribution >= 0.6 is 0 Å². The third-order valence-corrected chi connectivity index (χ3v) is 6.98. The lowest BCUT2D eigenvalue weighted by atomic mass is 10.0. The normalized spacial score (nSPS) is 21.2. The van der Waals surface area contributed by atoms with E-state index in [0.717, 1.165) is 33.4 Å². The van der Waals surface area contributed by atoms with Gasteiger partial charge in [0.2, 0.25) is 0 Å². The average molecular weight is 505 g/mol. The number of rotatable bonds is 6. The van der Waals surface area contributed by atoms with Gasteiger partial charge in [-0.3, -0.25) is 9.59 Å². The van der Waals surface area contributed by atoms with Gasteiger partial charge < -0.3 is 9.47 Å². The van der Waals surface area contributed by atoms with Gasteiger partial charge in [-0.1, -0.05) is 119 Å². The summed E-state index contributed by atoms with van der Waals surface area (Å²) in [7, 11) is 0. The predicted octanol–water partition coefficient (Wildman–Crippen LogP) is 7.25. The molecule has 0 amide bonds. The highest BCUT2D eigenvalue weighted by atomic mass is 16.6. The zero-order valence-electron chi connectivity index (χ0n) is 22.2. The number of hydrogen-bond donors (Lipinski definition) is 0. The molecule has 4 aromatic rings. The van der Waals surface area contributed by atoms with Crippen LogP contribution in [0, 0.1) is 27.7 Å². The molecule has 4 heteroatoms. The Balaban J connectivity index is 0.000000155. The third-order valence-electron chi connectivity index (χ3n) is 6.98. The molecule has 0 aliphatic carbocycles. The zero-order valence-corrected chi connectivity index (χ0v) is 22.2. The SMILES string of the molecule is Cc1ccc(C(=O)C2OC2c2ccc(C)cc2)cc1.Cc1ccc(C(=O)C2OC2c2ccc(C)cc2)cc1. The lowest BCUT2D eigenvalue weighted by Crippen LogP contribution is -2.08. The Morgan fingerprint density at radius 2 is 0.711 bits per heavy atom. The van der Waals surface area contributed by atoms with Crippen LogP contribution in [-0.4, -0.2) is 23.8 Å². The number of benzene rings is 4. The lowest BCUT2D eigenvalue weighted by molar-refractivity contribution is 0.0947. The molecule has 2 saturated heterocycles. The Morgan fingerprint density at radius 1 is 0.447 bits per heavy atom. The van der Waals surface area contributed by atoms with Crippen molar-refractivity contribution in [3.63, 3.8) is 0 Å². The van der Waals surface area contributed by atoms with Crippen molar-refractivity contribution < 1.29 is 19.1 Å². The van der Waals surface area contributed by atoms with Crippen molar-refractivity contribution in [3.8, 4) is 0 Å². The number of carbonyl (C=O) groups excluding carboxylic acids is 2. The number of aryl methyl sites for hydroxylation is 4. The van der Waals surface area contributed by atoms with E-state index >= 15 is 0 Å². The van der Waals surface area contributed by atoms with Gasteiger partial charge in [-0.15, -0.1) is 0 Å². The van der Waals surface area contributed by atoms with Crippen LogP contribution in [-0.2, 0) is 9.47 Å². The van der Waals surface area contributed by atoms with Crippen molar-refractivity contribution >= 4 is 11.6 Å². The molecular formula is C34H32O4. The summed E-state index contributed by atoms with van der Waals surface area (Å²) < 4.78 is 11.1. The van der Waals surface area contributed by atoms with Crippen LogP contribution in [0.5, 0.6) is 0 Å². The van der Waals surface area contributed by atoms with E-state index in [1.54, 1.807) is 0 Å². The van der Waals surface area contributed by atoms with Crippen LogP contribution in [0.15, 0.2) is 97.1 Å². The Bertz CT molecular complexity index is 1310. The molecule has 38 heavy (non-hydrogen) atoms. The number of ketones is 2. The summed E-state index contributed by atoms with van der Waals surface area (Å²) in [6.45, 7) is 8.12. The first-order chi connectivity index (χ1) is 18.3. The van der Waals surface area contributed by atoms with E-state index in [2.05, 4.69) is 0 Å². The van der Waals surface area contributed by atoms with Crippen molar-refractivity contribution in [2.24, 2.45) is 0 Å². The molecule has 2 aliphatic rings. The zero-order chi connectivity index (χ0) is 26.8. The van der Waals surface area contributed by atoms with Gasteiger partial charge in [-0.2, -0.15) is 0 Å². The van der Waals surface area contributed by atoms with E-state index in [9.17, 15) is 9.59 Å². The molecule has 192 valence electrons. The maximum absolute atomic E-state index is 12.2. The summed E-state index contributed by atoms with van der Waals surface area (Å²) >= 11 is 0. The van der Waals surface area contributed by atoms with Gasteiger partial charge in [0.15, 0.2) is 23.8 Å². The molecule has 4 atom stereocenters. The third kappa shape index (κ3) is 5.99.